The smallest absolute Gasteiger partial charge is 0.120 e. The van der Waals surface area contributed by atoms with Crippen LogP contribution in [-0.4, -0.2) is 15.1 Å². The van der Waals surface area contributed by atoms with Crippen molar-refractivity contribution >= 4 is 12.4 Å². The van der Waals surface area contributed by atoms with Crippen molar-refractivity contribution < 1.29 is 5.11 Å². The van der Waals surface area contributed by atoms with Gasteiger partial charge in [-0.15, -0.1) is 12.4 Å². The third kappa shape index (κ3) is 1.98. The van der Waals surface area contributed by atoms with Crippen molar-refractivity contribution in [1.29, 1.82) is 0 Å². The average Bonchev–Trinajstić information content (AvgIpc) is 2.34. The molecule has 1 rings (SSSR count). The van der Waals surface area contributed by atoms with Gasteiger partial charge in [0.2, 0.25) is 0 Å². The maximum absolute atomic E-state index is 8.53. The minimum absolute atomic E-state index is 0. The molecule has 0 amide bonds. The molecular weight excluding hydrogens is 154 g/mol. The molecule has 0 aliphatic carbocycles. The van der Waals surface area contributed by atoms with Gasteiger partial charge in [-0.1, -0.05) is 0 Å². The van der Waals surface area contributed by atoms with Crippen molar-refractivity contribution in [2.75, 3.05) is 0 Å². The van der Waals surface area contributed by atoms with Gasteiger partial charge in [0, 0.05) is 0 Å². The number of hydrogen-bond donors (Lipinski definition) is 3. The first kappa shape index (κ1) is 9.42. The van der Waals surface area contributed by atoms with Gasteiger partial charge >= 0.3 is 0 Å². The summed E-state index contributed by atoms with van der Waals surface area (Å²) in [4.78, 5) is 6.69. The predicted molar refractivity (Wildman–Crippen MR) is 39.6 cm³/mol. The van der Waals surface area contributed by atoms with Crippen molar-refractivity contribution in [2.24, 2.45) is 5.73 Å². The van der Waals surface area contributed by atoms with Crippen LogP contribution in [0.4, 0.5) is 0 Å². The Morgan fingerprint density at radius 3 is 2.70 bits per heavy atom. The maximum Gasteiger partial charge on any atom is 0.120 e. The molecule has 10 heavy (non-hydrogen) atoms. The summed E-state index contributed by atoms with van der Waals surface area (Å²) in [6, 6.07) is 0. The van der Waals surface area contributed by atoms with E-state index in [2.05, 4.69) is 9.97 Å². The van der Waals surface area contributed by atoms with E-state index in [1.807, 2.05) is 0 Å². The summed E-state index contributed by atoms with van der Waals surface area (Å²) >= 11 is 0. The number of rotatable bonds is 2. The second kappa shape index (κ2) is 4.27. The van der Waals surface area contributed by atoms with Crippen LogP contribution in [0.5, 0.6) is 0 Å². The number of aromatic nitrogens is 2. The molecule has 0 saturated heterocycles. The Morgan fingerprint density at radius 2 is 2.40 bits per heavy atom. The molecule has 4 nitrogen and oxygen atoms in total. The molecule has 0 saturated carbocycles. The van der Waals surface area contributed by atoms with Crippen LogP contribution in [0.25, 0.3) is 0 Å². The summed E-state index contributed by atoms with van der Waals surface area (Å²) in [5.74, 6) is 0.707. The van der Waals surface area contributed by atoms with Gasteiger partial charge < -0.3 is 15.8 Å². The highest BCUT2D eigenvalue weighted by molar-refractivity contribution is 5.85. The topological polar surface area (TPSA) is 74.9 Å². The lowest BCUT2D eigenvalue weighted by atomic mass is 10.5. The van der Waals surface area contributed by atoms with E-state index in [4.69, 9.17) is 10.8 Å². The fourth-order valence-electron chi connectivity index (χ4n) is 0.590. The molecule has 1 aromatic heterocycles. The Hall–Kier alpha value is -0.580. The molecular formula is C5H10ClN3O. The van der Waals surface area contributed by atoms with E-state index in [1.54, 1.807) is 6.20 Å². The molecule has 5 heteroatoms. The summed E-state index contributed by atoms with van der Waals surface area (Å²) in [5.41, 5.74) is 5.95. The van der Waals surface area contributed by atoms with Gasteiger partial charge in [0.1, 0.15) is 5.82 Å². The van der Waals surface area contributed by atoms with E-state index in [9.17, 15) is 0 Å². The summed E-state index contributed by atoms with van der Waals surface area (Å²) in [7, 11) is 0. The van der Waals surface area contributed by atoms with Crippen molar-refractivity contribution in [3.05, 3.63) is 17.7 Å². The number of imidazole rings is 1. The zero-order valence-electron chi connectivity index (χ0n) is 5.37. The molecule has 0 aromatic carbocycles. The fourth-order valence-corrected chi connectivity index (χ4v) is 0.590. The van der Waals surface area contributed by atoms with Crippen LogP contribution in [0.3, 0.4) is 0 Å². The van der Waals surface area contributed by atoms with Crippen molar-refractivity contribution in [1.82, 2.24) is 9.97 Å². The molecule has 0 aliphatic rings. The zero-order valence-corrected chi connectivity index (χ0v) is 6.19. The molecule has 0 radical (unpaired) electrons. The van der Waals surface area contributed by atoms with Crippen LogP contribution in [0.2, 0.25) is 0 Å². The van der Waals surface area contributed by atoms with Crippen LogP contribution < -0.4 is 5.73 Å². The average molecular weight is 164 g/mol. The predicted octanol–water partition coefficient (Wildman–Crippen LogP) is -0.218. The summed E-state index contributed by atoms with van der Waals surface area (Å²) in [6.07, 6.45) is 1.57. The highest BCUT2D eigenvalue weighted by Gasteiger charge is 1.94. The Morgan fingerprint density at radius 1 is 1.70 bits per heavy atom. The number of hydrogen-bond acceptors (Lipinski definition) is 3. The standard InChI is InChI=1S/C5H9N3O.ClH/c6-1-5-7-2-4(3-9)8-5;/h2,9H,1,3,6H2,(H,7,8);1H. The SMILES string of the molecule is Cl.NCc1ncc(CO)[nH]1. The number of aromatic amines is 1. The van der Waals surface area contributed by atoms with E-state index in [0.717, 1.165) is 0 Å². The monoisotopic (exact) mass is 163 g/mol. The van der Waals surface area contributed by atoms with Gasteiger partial charge in [-0.05, 0) is 0 Å². The van der Waals surface area contributed by atoms with E-state index >= 15 is 0 Å². The highest BCUT2D eigenvalue weighted by atomic mass is 35.5. The number of aliphatic hydroxyl groups excluding tert-OH is 1. The van der Waals surface area contributed by atoms with Gasteiger partial charge in [0.15, 0.2) is 0 Å². The lowest BCUT2D eigenvalue weighted by Crippen LogP contribution is -1.98. The lowest BCUT2D eigenvalue weighted by Gasteiger charge is -1.85. The minimum Gasteiger partial charge on any atom is -0.390 e. The quantitative estimate of drug-likeness (QED) is 0.565. The van der Waals surface area contributed by atoms with Crippen molar-refractivity contribution in [3.8, 4) is 0 Å². The number of nitrogens with two attached hydrogens (primary N) is 1. The largest absolute Gasteiger partial charge is 0.390 e. The number of nitrogens with one attached hydrogen (secondary N) is 1. The summed E-state index contributed by atoms with van der Waals surface area (Å²) < 4.78 is 0. The first-order valence-electron chi connectivity index (χ1n) is 2.70. The second-order valence-corrected chi connectivity index (χ2v) is 1.72. The van der Waals surface area contributed by atoms with Crippen molar-refractivity contribution in [3.63, 3.8) is 0 Å². The highest BCUT2D eigenvalue weighted by Crippen LogP contribution is 1.93. The third-order valence-electron chi connectivity index (χ3n) is 1.04. The fraction of sp³-hybridized carbons (Fsp3) is 0.400. The molecule has 0 unspecified atom stereocenters. The number of H-pyrrole nitrogens is 1. The molecule has 1 heterocycles. The zero-order chi connectivity index (χ0) is 6.69. The molecule has 0 bridgehead atoms. The summed E-state index contributed by atoms with van der Waals surface area (Å²) in [6.45, 7) is 0.382. The Labute approximate surface area is 64.9 Å². The van der Waals surface area contributed by atoms with E-state index < -0.39 is 0 Å². The van der Waals surface area contributed by atoms with Crippen LogP contribution in [0, 0.1) is 0 Å². The normalized spacial score (nSPS) is 9.00. The van der Waals surface area contributed by atoms with Gasteiger partial charge in [-0.2, -0.15) is 0 Å². The van der Waals surface area contributed by atoms with Crippen LogP contribution >= 0.6 is 12.4 Å². The third-order valence-corrected chi connectivity index (χ3v) is 1.04. The number of aliphatic hydroxyl groups is 1. The molecule has 0 atom stereocenters. The van der Waals surface area contributed by atoms with E-state index in [0.29, 0.717) is 18.1 Å². The van der Waals surface area contributed by atoms with E-state index in [-0.39, 0.29) is 19.0 Å². The van der Waals surface area contributed by atoms with Gasteiger partial charge in [-0.25, -0.2) is 4.98 Å². The molecule has 1 aromatic rings. The first-order chi connectivity index (χ1) is 4.36. The molecule has 4 N–H and O–H groups in total. The van der Waals surface area contributed by atoms with Crippen LogP contribution in [0.1, 0.15) is 11.5 Å². The van der Waals surface area contributed by atoms with Crippen LogP contribution in [0.15, 0.2) is 6.20 Å². The van der Waals surface area contributed by atoms with Gasteiger partial charge in [0.05, 0.1) is 25.0 Å². The summed E-state index contributed by atoms with van der Waals surface area (Å²) in [5, 5.41) is 8.53. The lowest BCUT2D eigenvalue weighted by molar-refractivity contribution is 0.277. The van der Waals surface area contributed by atoms with Gasteiger partial charge in [0.25, 0.3) is 0 Å². The Bertz CT molecular complexity index is 170. The Balaban J connectivity index is 0.000000810. The Kier molecular flexibility index (Phi) is 4.02. The van der Waals surface area contributed by atoms with Crippen LogP contribution in [-0.2, 0) is 13.2 Å². The maximum atomic E-state index is 8.53. The van der Waals surface area contributed by atoms with Gasteiger partial charge in [-0.3, -0.25) is 0 Å². The molecule has 0 spiro atoms. The van der Waals surface area contributed by atoms with Crippen molar-refractivity contribution in [2.45, 2.75) is 13.2 Å². The second-order valence-electron chi connectivity index (χ2n) is 1.72. The number of halogens is 1. The number of nitrogens with zero attached hydrogens (tertiary/aromatic N) is 1. The molecule has 0 aliphatic heterocycles. The van der Waals surface area contributed by atoms with E-state index in [1.165, 1.54) is 0 Å². The first-order valence-corrected chi connectivity index (χ1v) is 2.70. The minimum atomic E-state index is -0.00694. The molecule has 58 valence electrons. The molecule has 0 fully saturated rings.